The topological polar surface area (TPSA) is 61.4 Å². The quantitative estimate of drug-likeness (QED) is 0.895. The van der Waals surface area contributed by atoms with E-state index in [-0.39, 0.29) is 5.91 Å². The molecule has 1 atom stereocenters. The van der Waals surface area contributed by atoms with Crippen LogP contribution >= 0.6 is 23.2 Å². The predicted octanol–water partition coefficient (Wildman–Crippen LogP) is 2.27. The molecule has 3 amide bonds. The van der Waals surface area contributed by atoms with Gasteiger partial charge in [-0.1, -0.05) is 35.3 Å². The van der Waals surface area contributed by atoms with Crippen LogP contribution < -0.4 is 10.6 Å². The molecule has 0 saturated heterocycles. The van der Waals surface area contributed by atoms with Gasteiger partial charge in [0, 0.05) is 13.6 Å². The number of halogens is 2. The van der Waals surface area contributed by atoms with Crippen LogP contribution in [0.15, 0.2) is 18.2 Å². The van der Waals surface area contributed by atoms with Gasteiger partial charge < -0.3 is 5.32 Å². The average molecular weight is 318 g/mol. The van der Waals surface area contributed by atoms with E-state index in [4.69, 9.17) is 23.2 Å². The number of benzene rings is 1. The maximum atomic E-state index is 11.8. The van der Waals surface area contributed by atoms with Gasteiger partial charge in [-0.05, 0) is 25.6 Å². The molecule has 1 aromatic carbocycles. The first-order chi connectivity index (χ1) is 9.36. The third-order valence-corrected chi connectivity index (χ3v) is 3.81. The zero-order chi connectivity index (χ0) is 15.3. The molecule has 0 bridgehead atoms. The summed E-state index contributed by atoms with van der Waals surface area (Å²) in [6.45, 7) is 2.15. The van der Waals surface area contributed by atoms with Crippen molar-refractivity contribution >= 4 is 35.1 Å². The highest BCUT2D eigenvalue weighted by molar-refractivity contribution is 6.42. The number of imide groups is 1. The Balaban J connectivity index is 2.70. The molecule has 1 rings (SSSR count). The van der Waals surface area contributed by atoms with E-state index < -0.39 is 12.1 Å². The van der Waals surface area contributed by atoms with Crippen LogP contribution in [-0.2, 0) is 11.3 Å². The summed E-state index contributed by atoms with van der Waals surface area (Å²) in [6, 6.07) is 4.33. The molecule has 0 saturated carbocycles. The summed E-state index contributed by atoms with van der Waals surface area (Å²) < 4.78 is 0. The molecule has 0 radical (unpaired) electrons. The molecular weight excluding hydrogens is 301 g/mol. The van der Waals surface area contributed by atoms with Crippen molar-refractivity contribution < 1.29 is 9.59 Å². The molecule has 2 N–H and O–H groups in total. The minimum absolute atomic E-state index is 0.384. The number of nitrogens with zero attached hydrogens (tertiary/aromatic N) is 1. The van der Waals surface area contributed by atoms with E-state index >= 15 is 0 Å². The molecule has 20 heavy (non-hydrogen) atoms. The van der Waals surface area contributed by atoms with Crippen LogP contribution in [0.5, 0.6) is 0 Å². The van der Waals surface area contributed by atoms with Gasteiger partial charge in [-0.3, -0.25) is 15.0 Å². The van der Waals surface area contributed by atoms with Crippen molar-refractivity contribution in [1.82, 2.24) is 15.5 Å². The number of carbonyl (C=O) groups excluding carboxylic acids is 2. The van der Waals surface area contributed by atoms with Crippen molar-refractivity contribution in [3.8, 4) is 0 Å². The zero-order valence-corrected chi connectivity index (χ0v) is 13.0. The van der Waals surface area contributed by atoms with Gasteiger partial charge >= 0.3 is 6.03 Å². The van der Waals surface area contributed by atoms with Gasteiger partial charge in [0.15, 0.2) is 0 Å². The number of hydrogen-bond acceptors (Lipinski definition) is 3. The number of nitrogens with one attached hydrogen (secondary N) is 2. The number of rotatable bonds is 4. The lowest BCUT2D eigenvalue weighted by Gasteiger charge is -2.24. The van der Waals surface area contributed by atoms with E-state index in [0.717, 1.165) is 5.56 Å². The highest BCUT2D eigenvalue weighted by atomic mass is 35.5. The lowest BCUT2D eigenvalue weighted by molar-refractivity contribution is -0.124. The van der Waals surface area contributed by atoms with Gasteiger partial charge in [0.1, 0.15) is 0 Å². The van der Waals surface area contributed by atoms with E-state index in [0.29, 0.717) is 16.6 Å². The summed E-state index contributed by atoms with van der Waals surface area (Å²) in [5, 5.41) is 5.50. The zero-order valence-electron chi connectivity index (χ0n) is 11.5. The third-order valence-electron chi connectivity index (χ3n) is 2.96. The SMILES string of the molecule is CNC(=O)NC(=O)[C@@H](C)N(C)Cc1cccc(Cl)c1Cl. The van der Waals surface area contributed by atoms with Gasteiger partial charge in [0.05, 0.1) is 16.1 Å². The van der Waals surface area contributed by atoms with Crippen molar-refractivity contribution in [2.24, 2.45) is 0 Å². The largest absolute Gasteiger partial charge is 0.341 e. The summed E-state index contributed by atoms with van der Waals surface area (Å²) in [6.07, 6.45) is 0. The minimum atomic E-state index is -0.531. The molecule has 110 valence electrons. The van der Waals surface area contributed by atoms with Crippen molar-refractivity contribution in [3.05, 3.63) is 33.8 Å². The maximum absolute atomic E-state index is 11.8. The van der Waals surface area contributed by atoms with Crippen LogP contribution in [0.25, 0.3) is 0 Å². The Morgan fingerprint density at radius 1 is 1.35 bits per heavy atom. The van der Waals surface area contributed by atoms with Crippen LogP contribution in [0, 0.1) is 0 Å². The van der Waals surface area contributed by atoms with Crippen LogP contribution in [0.1, 0.15) is 12.5 Å². The number of likely N-dealkylation sites (N-methyl/N-ethyl adjacent to an activating group) is 1. The highest BCUT2D eigenvalue weighted by Gasteiger charge is 2.20. The highest BCUT2D eigenvalue weighted by Crippen LogP contribution is 2.26. The molecule has 7 heteroatoms. The lowest BCUT2D eigenvalue weighted by Crippen LogP contribution is -2.47. The molecule has 1 aromatic rings. The molecule has 0 aromatic heterocycles. The van der Waals surface area contributed by atoms with Crippen LogP contribution in [-0.4, -0.2) is 37.0 Å². The van der Waals surface area contributed by atoms with Crippen molar-refractivity contribution in [3.63, 3.8) is 0 Å². The first-order valence-corrected chi connectivity index (χ1v) is 6.78. The second-order valence-corrected chi connectivity index (χ2v) is 5.16. The van der Waals surface area contributed by atoms with Crippen molar-refractivity contribution in [2.75, 3.05) is 14.1 Å². The van der Waals surface area contributed by atoms with Crippen LogP contribution in [0.4, 0.5) is 4.79 Å². The number of carbonyl (C=O) groups is 2. The standard InChI is InChI=1S/C13H17Cl2N3O2/c1-8(12(19)17-13(20)16-2)18(3)7-9-5-4-6-10(14)11(9)15/h4-6,8H,7H2,1-3H3,(H2,16,17,19,20)/t8-/m1/s1. The number of amides is 3. The van der Waals surface area contributed by atoms with Gasteiger partial charge in [0.2, 0.25) is 5.91 Å². The molecular formula is C13H17Cl2N3O2. The third kappa shape index (κ3) is 4.37. The molecule has 0 fully saturated rings. The van der Waals surface area contributed by atoms with Crippen molar-refractivity contribution in [2.45, 2.75) is 19.5 Å². The summed E-state index contributed by atoms with van der Waals surface area (Å²) >= 11 is 12.0. The normalized spacial score (nSPS) is 12.1. The Morgan fingerprint density at radius 2 is 2.00 bits per heavy atom. The second kappa shape index (κ2) is 7.47. The second-order valence-electron chi connectivity index (χ2n) is 4.37. The molecule has 0 aliphatic heterocycles. The molecule has 0 heterocycles. The van der Waals surface area contributed by atoms with E-state index in [1.165, 1.54) is 7.05 Å². The van der Waals surface area contributed by atoms with Crippen molar-refractivity contribution in [1.29, 1.82) is 0 Å². The van der Waals surface area contributed by atoms with Gasteiger partial charge in [-0.2, -0.15) is 0 Å². The minimum Gasteiger partial charge on any atom is -0.341 e. The maximum Gasteiger partial charge on any atom is 0.321 e. The van der Waals surface area contributed by atoms with E-state index in [1.54, 1.807) is 31.0 Å². The van der Waals surface area contributed by atoms with Crippen LogP contribution in [0.3, 0.4) is 0 Å². The molecule has 0 aliphatic carbocycles. The fourth-order valence-electron chi connectivity index (χ4n) is 1.56. The average Bonchev–Trinajstić information content (AvgIpc) is 2.42. The Bertz CT molecular complexity index is 508. The summed E-state index contributed by atoms with van der Waals surface area (Å²) in [7, 11) is 3.22. The Hall–Kier alpha value is -1.30. The van der Waals surface area contributed by atoms with Gasteiger partial charge in [-0.25, -0.2) is 4.79 Å². The molecule has 0 aliphatic rings. The Kier molecular flexibility index (Phi) is 6.26. The fraction of sp³-hybridized carbons (Fsp3) is 0.385. The smallest absolute Gasteiger partial charge is 0.321 e. The monoisotopic (exact) mass is 317 g/mol. The molecule has 5 nitrogen and oxygen atoms in total. The van der Waals surface area contributed by atoms with E-state index in [9.17, 15) is 9.59 Å². The predicted molar refractivity (Wildman–Crippen MR) is 80.0 cm³/mol. The Morgan fingerprint density at radius 3 is 2.60 bits per heavy atom. The van der Waals surface area contributed by atoms with E-state index in [2.05, 4.69) is 10.6 Å². The lowest BCUT2D eigenvalue weighted by atomic mass is 10.2. The molecule has 0 spiro atoms. The first-order valence-electron chi connectivity index (χ1n) is 6.02. The van der Waals surface area contributed by atoms with Gasteiger partial charge in [-0.15, -0.1) is 0 Å². The van der Waals surface area contributed by atoms with E-state index in [1.807, 2.05) is 6.07 Å². The Labute approximate surface area is 128 Å². The molecule has 0 unspecified atom stereocenters. The number of hydrogen-bond donors (Lipinski definition) is 2. The summed E-state index contributed by atoms with van der Waals surface area (Å²) in [5.74, 6) is -0.384. The van der Waals surface area contributed by atoms with Gasteiger partial charge in [0.25, 0.3) is 0 Å². The summed E-state index contributed by atoms with van der Waals surface area (Å²) in [5.41, 5.74) is 0.821. The summed E-state index contributed by atoms with van der Waals surface area (Å²) in [4.78, 5) is 24.7. The van der Waals surface area contributed by atoms with Crippen LogP contribution in [0.2, 0.25) is 10.0 Å². The fourth-order valence-corrected chi connectivity index (χ4v) is 1.94. The first kappa shape index (κ1) is 16.8. The number of urea groups is 1.